The van der Waals surface area contributed by atoms with Crippen molar-refractivity contribution >= 4 is 28.3 Å². The van der Waals surface area contributed by atoms with Gasteiger partial charge in [-0.05, 0) is 35.9 Å². The van der Waals surface area contributed by atoms with E-state index in [0.717, 1.165) is 28.1 Å². The molecule has 0 saturated carbocycles. The molecule has 2 aromatic heterocycles. The van der Waals surface area contributed by atoms with Crippen LogP contribution in [-0.2, 0) is 6.54 Å². The maximum atomic E-state index is 10.8. The van der Waals surface area contributed by atoms with Gasteiger partial charge in [0.1, 0.15) is 0 Å². The number of halogens is 1. The number of non-ortho nitro benzene ring substituents is 1. The number of aromatic amines is 1. The molecule has 25 heavy (non-hydrogen) atoms. The first-order valence-corrected chi connectivity index (χ1v) is 8.02. The van der Waals surface area contributed by atoms with E-state index in [1.807, 2.05) is 41.1 Å². The van der Waals surface area contributed by atoms with Crippen molar-refractivity contribution in [1.29, 1.82) is 0 Å². The van der Waals surface area contributed by atoms with Crippen LogP contribution >= 0.6 is 11.6 Å². The minimum Gasteiger partial charge on any atom is -0.341 e. The van der Waals surface area contributed by atoms with Gasteiger partial charge in [0.15, 0.2) is 5.82 Å². The Morgan fingerprint density at radius 2 is 1.96 bits per heavy atom. The fraction of sp³-hybridized carbons (Fsp3) is 0.0556. The average Bonchev–Trinajstić information content (AvgIpc) is 3.21. The zero-order valence-electron chi connectivity index (χ0n) is 13.0. The van der Waals surface area contributed by atoms with Crippen molar-refractivity contribution < 1.29 is 4.92 Å². The van der Waals surface area contributed by atoms with Gasteiger partial charge in [-0.1, -0.05) is 23.7 Å². The summed E-state index contributed by atoms with van der Waals surface area (Å²) in [5, 5.41) is 11.4. The van der Waals surface area contributed by atoms with E-state index in [9.17, 15) is 10.1 Å². The monoisotopic (exact) mass is 352 g/mol. The third kappa shape index (κ3) is 2.99. The second-order valence-electron chi connectivity index (χ2n) is 5.69. The van der Waals surface area contributed by atoms with Crippen molar-refractivity contribution in [3.63, 3.8) is 0 Å². The number of aromatic nitrogens is 3. The molecule has 0 fully saturated rings. The molecule has 0 aliphatic carbocycles. The number of nitro benzene ring substituents is 1. The van der Waals surface area contributed by atoms with Gasteiger partial charge >= 0.3 is 0 Å². The first kappa shape index (κ1) is 15.4. The Morgan fingerprint density at radius 1 is 1.16 bits per heavy atom. The van der Waals surface area contributed by atoms with E-state index in [1.54, 1.807) is 12.1 Å². The summed E-state index contributed by atoms with van der Waals surface area (Å²) in [5.74, 6) is 0.754. The Labute approximate surface area is 147 Å². The molecule has 0 aliphatic heterocycles. The van der Waals surface area contributed by atoms with Gasteiger partial charge in [-0.15, -0.1) is 0 Å². The SMILES string of the molecule is O=[N+]([O-])c1ccc(Cn2cccc2-c2nc3ccc(Cl)cc3[nH]2)cc1. The topological polar surface area (TPSA) is 76.8 Å². The van der Waals surface area contributed by atoms with Crippen molar-refractivity contribution in [3.05, 3.63) is 81.5 Å². The minimum absolute atomic E-state index is 0.0886. The van der Waals surface area contributed by atoms with Gasteiger partial charge < -0.3 is 9.55 Å². The minimum atomic E-state index is -0.398. The number of fused-ring (bicyclic) bond motifs is 1. The van der Waals surface area contributed by atoms with Crippen molar-refractivity contribution in [2.24, 2.45) is 0 Å². The molecule has 124 valence electrons. The molecule has 4 rings (SSSR count). The third-order valence-electron chi connectivity index (χ3n) is 4.02. The highest BCUT2D eigenvalue weighted by atomic mass is 35.5. The molecule has 0 aliphatic rings. The summed E-state index contributed by atoms with van der Waals surface area (Å²) in [5.41, 5.74) is 3.73. The highest BCUT2D eigenvalue weighted by Crippen LogP contribution is 2.24. The second-order valence-corrected chi connectivity index (χ2v) is 6.13. The van der Waals surface area contributed by atoms with Crippen molar-refractivity contribution in [2.45, 2.75) is 6.54 Å². The lowest BCUT2D eigenvalue weighted by atomic mass is 10.2. The smallest absolute Gasteiger partial charge is 0.269 e. The van der Waals surface area contributed by atoms with Crippen LogP contribution < -0.4 is 0 Å². The summed E-state index contributed by atoms with van der Waals surface area (Å²) in [6.07, 6.45) is 1.96. The first-order valence-electron chi connectivity index (χ1n) is 7.64. The Morgan fingerprint density at radius 3 is 2.72 bits per heavy atom. The molecule has 0 bridgehead atoms. The number of hydrogen-bond acceptors (Lipinski definition) is 3. The largest absolute Gasteiger partial charge is 0.341 e. The fourth-order valence-corrected chi connectivity index (χ4v) is 2.96. The van der Waals surface area contributed by atoms with Crippen LogP contribution in [0.25, 0.3) is 22.6 Å². The molecule has 2 aromatic carbocycles. The number of nitro groups is 1. The van der Waals surface area contributed by atoms with E-state index >= 15 is 0 Å². The lowest BCUT2D eigenvalue weighted by Gasteiger charge is -2.07. The predicted molar refractivity (Wildman–Crippen MR) is 96.7 cm³/mol. The van der Waals surface area contributed by atoms with Crippen LogP contribution in [0.4, 0.5) is 5.69 Å². The molecule has 2 heterocycles. The van der Waals surface area contributed by atoms with Gasteiger partial charge in [0.05, 0.1) is 21.7 Å². The standard InChI is InChI=1S/C18H13ClN4O2/c19-13-5-8-15-16(10-13)21-18(20-15)17-2-1-9-22(17)11-12-3-6-14(7-4-12)23(24)25/h1-10H,11H2,(H,20,21). The van der Waals surface area contributed by atoms with Gasteiger partial charge in [0, 0.05) is 29.9 Å². The lowest BCUT2D eigenvalue weighted by molar-refractivity contribution is -0.384. The van der Waals surface area contributed by atoms with E-state index in [0.29, 0.717) is 11.6 Å². The molecule has 0 radical (unpaired) electrons. The quantitative estimate of drug-likeness (QED) is 0.429. The summed E-state index contributed by atoms with van der Waals surface area (Å²) < 4.78 is 2.04. The lowest BCUT2D eigenvalue weighted by Crippen LogP contribution is -2.01. The maximum Gasteiger partial charge on any atom is 0.269 e. The molecule has 0 saturated heterocycles. The molecule has 0 atom stereocenters. The van der Waals surface area contributed by atoms with E-state index < -0.39 is 4.92 Å². The molecule has 4 aromatic rings. The third-order valence-corrected chi connectivity index (χ3v) is 4.25. The zero-order valence-corrected chi connectivity index (χ0v) is 13.8. The van der Waals surface area contributed by atoms with Crippen LogP contribution in [0.1, 0.15) is 5.56 Å². The summed E-state index contributed by atoms with van der Waals surface area (Å²) in [6.45, 7) is 0.595. The van der Waals surface area contributed by atoms with E-state index in [-0.39, 0.29) is 5.69 Å². The van der Waals surface area contributed by atoms with E-state index in [4.69, 9.17) is 11.6 Å². The average molecular weight is 353 g/mol. The zero-order chi connectivity index (χ0) is 17.4. The Balaban J connectivity index is 1.66. The summed E-state index contributed by atoms with van der Waals surface area (Å²) >= 11 is 6.03. The van der Waals surface area contributed by atoms with Crippen LogP contribution in [0.15, 0.2) is 60.8 Å². The summed E-state index contributed by atoms with van der Waals surface area (Å²) in [4.78, 5) is 18.3. The van der Waals surface area contributed by atoms with E-state index in [2.05, 4.69) is 9.97 Å². The number of nitrogens with one attached hydrogen (secondary N) is 1. The normalized spacial score (nSPS) is 11.1. The van der Waals surface area contributed by atoms with Crippen molar-refractivity contribution in [2.75, 3.05) is 0 Å². The van der Waals surface area contributed by atoms with Gasteiger partial charge in [-0.25, -0.2) is 4.98 Å². The second kappa shape index (κ2) is 6.07. The highest BCUT2D eigenvalue weighted by Gasteiger charge is 2.11. The molecule has 0 spiro atoms. The highest BCUT2D eigenvalue weighted by molar-refractivity contribution is 6.31. The molecule has 7 heteroatoms. The van der Waals surface area contributed by atoms with E-state index in [1.165, 1.54) is 12.1 Å². The van der Waals surface area contributed by atoms with Crippen LogP contribution in [-0.4, -0.2) is 19.5 Å². The van der Waals surface area contributed by atoms with Crippen LogP contribution in [0.3, 0.4) is 0 Å². The molecule has 6 nitrogen and oxygen atoms in total. The van der Waals surface area contributed by atoms with Crippen LogP contribution in [0.5, 0.6) is 0 Å². The Kier molecular flexibility index (Phi) is 3.74. The number of nitrogens with zero attached hydrogens (tertiary/aromatic N) is 3. The molecule has 0 unspecified atom stereocenters. The van der Waals surface area contributed by atoms with Crippen molar-refractivity contribution in [3.8, 4) is 11.5 Å². The number of hydrogen-bond donors (Lipinski definition) is 1. The summed E-state index contributed by atoms with van der Waals surface area (Å²) in [6, 6.07) is 16.0. The number of H-pyrrole nitrogens is 1. The molecular weight excluding hydrogens is 340 g/mol. The predicted octanol–water partition coefficient (Wildman–Crippen LogP) is 4.64. The molecular formula is C18H13ClN4O2. The Hall–Kier alpha value is -3.12. The molecule has 0 amide bonds. The number of imidazole rings is 1. The fourth-order valence-electron chi connectivity index (χ4n) is 2.79. The molecule has 1 N–H and O–H groups in total. The first-order chi connectivity index (χ1) is 12.1. The number of benzene rings is 2. The Bertz CT molecular complexity index is 1070. The van der Waals surface area contributed by atoms with Gasteiger partial charge in [-0.2, -0.15) is 0 Å². The van der Waals surface area contributed by atoms with Crippen molar-refractivity contribution in [1.82, 2.24) is 14.5 Å². The maximum absolute atomic E-state index is 10.8. The summed E-state index contributed by atoms with van der Waals surface area (Å²) in [7, 11) is 0. The van der Waals surface area contributed by atoms with Gasteiger partial charge in [0.2, 0.25) is 0 Å². The number of rotatable bonds is 4. The van der Waals surface area contributed by atoms with Gasteiger partial charge in [-0.3, -0.25) is 10.1 Å². The van der Waals surface area contributed by atoms with Crippen LogP contribution in [0, 0.1) is 10.1 Å². The van der Waals surface area contributed by atoms with Crippen LogP contribution in [0.2, 0.25) is 5.02 Å². The van der Waals surface area contributed by atoms with Gasteiger partial charge in [0.25, 0.3) is 5.69 Å².